The number of ether oxygens (including phenoxy) is 1. The first kappa shape index (κ1) is 15.2. The topological polar surface area (TPSA) is 41.5 Å². The van der Waals surface area contributed by atoms with Crippen LogP contribution in [0.2, 0.25) is 0 Å². The molecule has 6 heteroatoms. The zero-order valence-corrected chi connectivity index (χ0v) is 14.2. The number of nitrogens with zero attached hydrogens (tertiary/aromatic N) is 4. The molecule has 0 radical (unpaired) electrons. The Labute approximate surface area is 140 Å². The van der Waals surface area contributed by atoms with Crippen LogP contribution in [0.15, 0.2) is 30.3 Å². The Balaban J connectivity index is 1.44. The molecule has 0 spiro atoms. The summed E-state index contributed by atoms with van der Waals surface area (Å²) >= 11 is 1.70. The van der Waals surface area contributed by atoms with Crippen molar-refractivity contribution in [2.75, 3.05) is 32.8 Å². The van der Waals surface area contributed by atoms with Crippen molar-refractivity contribution in [2.24, 2.45) is 0 Å². The van der Waals surface area contributed by atoms with Crippen molar-refractivity contribution in [2.45, 2.75) is 25.6 Å². The minimum absolute atomic E-state index is 0.390. The quantitative estimate of drug-likeness (QED) is 0.862. The molecule has 2 aliphatic rings. The van der Waals surface area contributed by atoms with Crippen LogP contribution in [-0.2, 0) is 11.3 Å². The van der Waals surface area contributed by atoms with Gasteiger partial charge in [0.1, 0.15) is 10.0 Å². The number of morpholine rings is 1. The Hall–Kier alpha value is -1.34. The maximum Gasteiger partial charge on any atom is 0.131 e. The van der Waals surface area contributed by atoms with Crippen molar-refractivity contribution in [1.29, 1.82) is 0 Å². The third-order valence-electron chi connectivity index (χ3n) is 4.71. The van der Waals surface area contributed by atoms with E-state index in [0.29, 0.717) is 12.1 Å². The van der Waals surface area contributed by atoms with E-state index in [0.717, 1.165) is 49.4 Å². The molecule has 2 fully saturated rings. The minimum Gasteiger partial charge on any atom is -0.378 e. The number of hydrogen-bond acceptors (Lipinski definition) is 6. The molecule has 2 saturated heterocycles. The minimum atomic E-state index is 0.390. The zero-order chi connectivity index (χ0) is 15.6. The summed E-state index contributed by atoms with van der Waals surface area (Å²) in [6.45, 7) is 7.77. The summed E-state index contributed by atoms with van der Waals surface area (Å²) in [5.74, 6) is 0. The molecule has 5 nitrogen and oxygen atoms in total. The fourth-order valence-corrected chi connectivity index (χ4v) is 4.35. The lowest BCUT2D eigenvalue weighted by Gasteiger charge is -2.48. The van der Waals surface area contributed by atoms with Gasteiger partial charge in [-0.3, -0.25) is 9.80 Å². The number of piperazine rings is 1. The van der Waals surface area contributed by atoms with Crippen LogP contribution in [0.5, 0.6) is 0 Å². The van der Waals surface area contributed by atoms with Crippen molar-refractivity contribution in [3.05, 3.63) is 45.9 Å². The van der Waals surface area contributed by atoms with Gasteiger partial charge >= 0.3 is 0 Å². The molecule has 0 amide bonds. The molecular weight excluding hydrogens is 308 g/mol. The van der Waals surface area contributed by atoms with Crippen molar-refractivity contribution in [3.8, 4) is 0 Å². The number of aromatic nitrogens is 2. The Morgan fingerprint density at radius 2 is 2.04 bits per heavy atom. The van der Waals surface area contributed by atoms with Gasteiger partial charge in [0.05, 0.1) is 25.8 Å². The standard InChI is InChI=1S/C17H22N4OS/c1-13-18-19-17(23-13)10-20-7-8-21-15(9-20)11-22-12-16(21)14-5-3-2-4-6-14/h2-6,15-16H,7-12H2,1H3/t15-,16-/m1/s1. The number of rotatable bonds is 3. The first-order valence-electron chi connectivity index (χ1n) is 8.19. The second-order valence-corrected chi connectivity index (χ2v) is 7.57. The zero-order valence-electron chi connectivity index (χ0n) is 13.4. The molecule has 2 aliphatic heterocycles. The molecule has 4 rings (SSSR count). The summed E-state index contributed by atoms with van der Waals surface area (Å²) in [6.07, 6.45) is 0. The van der Waals surface area contributed by atoms with E-state index in [2.05, 4.69) is 50.3 Å². The van der Waals surface area contributed by atoms with Crippen LogP contribution < -0.4 is 0 Å². The molecule has 1 aromatic heterocycles. The molecule has 0 aliphatic carbocycles. The summed E-state index contributed by atoms with van der Waals surface area (Å²) in [7, 11) is 0. The third-order valence-corrected chi connectivity index (χ3v) is 5.53. The van der Waals surface area contributed by atoms with Crippen LogP contribution in [0.1, 0.15) is 21.6 Å². The maximum absolute atomic E-state index is 5.91. The first-order chi connectivity index (χ1) is 11.3. The highest BCUT2D eigenvalue weighted by Crippen LogP contribution is 2.30. The lowest BCUT2D eigenvalue weighted by Crippen LogP contribution is -2.58. The fraction of sp³-hybridized carbons (Fsp3) is 0.529. The van der Waals surface area contributed by atoms with Crippen molar-refractivity contribution in [1.82, 2.24) is 20.0 Å². The van der Waals surface area contributed by atoms with Gasteiger partial charge in [-0.05, 0) is 12.5 Å². The largest absolute Gasteiger partial charge is 0.378 e. The molecule has 1 aromatic carbocycles. The van der Waals surface area contributed by atoms with Crippen molar-refractivity contribution in [3.63, 3.8) is 0 Å². The van der Waals surface area contributed by atoms with Gasteiger partial charge in [-0.15, -0.1) is 21.5 Å². The van der Waals surface area contributed by atoms with Gasteiger partial charge in [0, 0.05) is 25.7 Å². The molecule has 122 valence electrons. The highest BCUT2D eigenvalue weighted by atomic mass is 32.1. The molecule has 0 N–H and O–H groups in total. The van der Waals surface area contributed by atoms with Gasteiger partial charge in [0.2, 0.25) is 0 Å². The van der Waals surface area contributed by atoms with Gasteiger partial charge in [-0.1, -0.05) is 30.3 Å². The van der Waals surface area contributed by atoms with E-state index in [4.69, 9.17) is 4.74 Å². The summed E-state index contributed by atoms with van der Waals surface area (Å²) in [4.78, 5) is 5.11. The Morgan fingerprint density at radius 3 is 2.83 bits per heavy atom. The van der Waals surface area contributed by atoms with Crippen LogP contribution in [0.25, 0.3) is 0 Å². The molecule has 23 heavy (non-hydrogen) atoms. The highest BCUT2D eigenvalue weighted by molar-refractivity contribution is 7.11. The number of benzene rings is 1. The second-order valence-electron chi connectivity index (χ2n) is 6.31. The summed E-state index contributed by atoms with van der Waals surface area (Å²) in [5, 5.41) is 10.5. The predicted octanol–water partition coefficient (Wildman–Crippen LogP) is 2.10. The van der Waals surface area contributed by atoms with Gasteiger partial charge < -0.3 is 4.74 Å². The number of hydrogen-bond donors (Lipinski definition) is 0. The second kappa shape index (κ2) is 6.65. The average molecular weight is 330 g/mol. The first-order valence-corrected chi connectivity index (χ1v) is 9.01. The van der Waals surface area contributed by atoms with E-state index >= 15 is 0 Å². The monoisotopic (exact) mass is 330 g/mol. The van der Waals surface area contributed by atoms with Crippen LogP contribution in [-0.4, -0.2) is 58.9 Å². The lowest BCUT2D eigenvalue weighted by atomic mass is 10.0. The van der Waals surface area contributed by atoms with E-state index in [1.807, 2.05) is 6.92 Å². The predicted molar refractivity (Wildman–Crippen MR) is 90.4 cm³/mol. The van der Waals surface area contributed by atoms with Gasteiger partial charge in [0.15, 0.2) is 0 Å². The van der Waals surface area contributed by atoms with Crippen LogP contribution in [0, 0.1) is 6.92 Å². The van der Waals surface area contributed by atoms with E-state index < -0.39 is 0 Å². The summed E-state index contributed by atoms with van der Waals surface area (Å²) in [6, 6.07) is 11.6. The van der Waals surface area contributed by atoms with E-state index in [-0.39, 0.29) is 0 Å². The van der Waals surface area contributed by atoms with Crippen molar-refractivity contribution >= 4 is 11.3 Å². The van der Waals surface area contributed by atoms with Crippen LogP contribution >= 0.6 is 11.3 Å². The molecule has 0 unspecified atom stereocenters. The Bertz CT molecular complexity index is 647. The molecule has 2 atom stereocenters. The maximum atomic E-state index is 5.91. The van der Waals surface area contributed by atoms with E-state index in [9.17, 15) is 0 Å². The summed E-state index contributed by atoms with van der Waals surface area (Å²) < 4.78 is 5.91. The van der Waals surface area contributed by atoms with Gasteiger partial charge in [0.25, 0.3) is 0 Å². The van der Waals surface area contributed by atoms with Crippen molar-refractivity contribution < 1.29 is 4.74 Å². The fourth-order valence-electron chi connectivity index (χ4n) is 3.60. The molecule has 2 aromatic rings. The average Bonchev–Trinajstić information content (AvgIpc) is 3.00. The Morgan fingerprint density at radius 1 is 1.17 bits per heavy atom. The SMILES string of the molecule is Cc1nnc(CN2CCN3[C@@H](COC[C@@H]3c3ccccc3)C2)s1. The normalized spacial score (nSPS) is 26.1. The van der Waals surface area contributed by atoms with E-state index in [1.54, 1.807) is 11.3 Å². The third kappa shape index (κ3) is 3.30. The van der Waals surface area contributed by atoms with Gasteiger partial charge in [-0.25, -0.2) is 0 Å². The molecule has 0 bridgehead atoms. The number of aryl methyl sites for hydroxylation is 1. The molecule has 3 heterocycles. The van der Waals surface area contributed by atoms with Crippen LogP contribution in [0.4, 0.5) is 0 Å². The van der Waals surface area contributed by atoms with E-state index in [1.165, 1.54) is 5.56 Å². The molecular formula is C17H22N4OS. The Kier molecular flexibility index (Phi) is 4.39. The van der Waals surface area contributed by atoms with Gasteiger partial charge in [-0.2, -0.15) is 0 Å². The smallest absolute Gasteiger partial charge is 0.131 e. The summed E-state index contributed by atoms with van der Waals surface area (Å²) in [5.41, 5.74) is 1.37. The number of fused-ring (bicyclic) bond motifs is 1. The highest BCUT2D eigenvalue weighted by Gasteiger charge is 2.36. The lowest BCUT2D eigenvalue weighted by molar-refractivity contribution is -0.0836. The molecule has 0 saturated carbocycles. The van der Waals surface area contributed by atoms with Crippen LogP contribution in [0.3, 0.4) is 0 Å².